The van der Waals surface area contributed by atoms with E-state index in [1.165, 1.54) is 12.1 Å². The van der Waals surface area contributed by atoms with Gasteiger partial charge in [-0.15, -0.1) is 0 Å². The first kappa shape index (κ1) is 22.3. The number of carbonyl (C=O) groups is 1. The number of alkyl halides is 3. The number of aliphatic carboxylic acids is 1. The molecule has 0 bridgehead atoms. The molecular formula is C21H22F3NO4. The van der Waals surface area contributed by atoms with Gasteiger partial charge >= 0.3 is 12.1 Å². The molecule has 156 valence electrons. The van der Waals surface area contributed by atoms with Gasteiger partial charge in [0.1, 0.15) is 12.4 Å². The quantitative estimate of drug-likeness (QED) is 0.467. The van der Waals surface area contributed by atoms with Gasteiger partial charge in [0, 0.05) is 12.6 Å². The van der Waals surface area contributed by atoms with Crippen LogP contribution < -0.4 is 4.74 Å². The second-order valence-corrected chi connectivity index (χ2v) is 6.41. The second kappa shape index (κ2) is 9.95. The Morgan fingerprint density at radius 2 is 1.83 bits per heavy atom. The van der Waals surface area contributed by atoms with Gasteiger partial charge in [0.25, 0.3) is 0 Å². The molecule has 1 N–H and O–H groups in total. The van der Waals surface area contributed by atoms with E-state index < -0.39 is 23.8 Å². The van der Waals surface area contributed by atoms with Crippen molar-refractivity contribution < 1.29 is 32.6 Å². The van der Waals surface area contributed by atoms with Gasteiger partial charge in [-0.1, -0.05) is 36.3 Å². The Hall–Kier alpha value is -3.03. The summed E-state index contributed by atoms with van der Waals surface area (Å²) in [4.78, 5) is 16.2. The third-order valence-electron chi connectivity index (χ3n) is 4.14. The van der Waals surface area contributed by atoms with Crippen LogP contribution in [0.1, 0.15) is 35.6 Å². The van der Waals surface area contributed by atoms with Crippen molar-refractivity contribution in [2.75, 3.05) is 0 Å². The summed E-state index contributed by atoms with van der Waals surface area (Å²) in [5, 5.41) is 12.9. The molecule has 0 saturated heterocycles. The zero-order chi connectivity index (χ0) is 21.4. The van der Waals surface area contributed by atoms with Crippen molar-refractivity contribution in [3.63, 3.8) is 0 Å². The van der Waals surface area contributed by atoms with Crippen molar-refractivity contribution in [3.05, 3.63) is 64.7 Å². The highest BCUT2D eigenvalue weighted by atomic mass is 19.4. The number of nitrogens with zero attached hydrogens (tertiary/aromatic N) is 1. The molecule has 1 unspecified atom stereocenters. The smallest absolute Gasteiger partial charge is 0.416 e. The number of hydrogen-bond donors (Lipinski definition) is 1. The van der Waals surface area contributed by atoms with Crippen LogP contribution in [-0.2, 0) is 28.8 Å². The van der Waals surface area contributed by atoms with E-state index in [0.717, 1.165) is 23.3 Å². The lowest BCUT2D eigenvalue weighted by Crippen LogP contribution is -2.26. The number of oxime groups is 1. The summed E-state index contributed by atoms with van der Waals surface area (Å²) in [6, 6.07) is 10.1. The van der Waals surface area contributed by atoms with Crippen LogP contribution >= 0.6 is 0 Å². The molecule has 0 heterocycles. The van der Waals surface area contributed by atoms with Gasteiger partial charge in [-0.05, 0) is 48.2 Å². The summed E-state index contributed by atoms with van der Waals surface area (Å²) in [7, 11) is 0. The van der Waals surface area contributed by atoms with Gasteiger partial charge in [0.2, 0.25) is 0 Å². The highest BCUT2D eigenvalue weighted by molar-refractivity contribution is 5.72. The van der Waals surface area contributed by atoms with E-state index in [-0.39, 0.29) is 6.61 Å². The van der Waals surface area contributed by atoms with E-state index >= 15 is 0 Å². The van der Waals surface area contributed by atoms with Crippen molar-refractivity contribution >= 4 is 12.2 Å². The van der Waals surface area contributed by atoms with Crippen LogP contribution in [0.2, 0.25) is 0 Å². The molecule has 1 atom stereocenters. The molecule has 0 aliphatic rings. The van der Waals surface area contributed by atoms with E-state index in [1.807, 2.05) is 13.0 Å². The lowest BCUT2D eigenvalue weighted by atomic mass is 10.1. The van der Waals surface area contributed by atoms with Crippen molar-refractivity contribution in [1.82, 2.24) is 0 Å². The van der Waals surface area contributed by atoms with Crippen molar-refractivity contribution in [2.45, 2.75) is 45.6 Å². The Morgan fingerprint density at radius 1 is 1.17 bits per heavy atom. The van der Waals surface area contributed by atoms with E-state index in [9.17, 15) is 18.0 Å². The highest BCUT2D eigenvalue weighted by Gasteiger charge is 2.29. The molecule has 0 fully saturated rings. The first-order valence-corrected chi connectivity index (χ1v) is 8.99. The number of carboxylic acid groups (broad SMARTS) is 1. The van der Waals surface area contributed by atoms with Crippen LogP contribution in [0.4, 0.5) is 13.2 Å². The first-order chi connectivity index (χ1) is 13.7. The maximum atomic E-state index is 12.5. The molecular weight excluding hydrogens is 387 g/mol. The normalized spacial score (nSPS) is 12.7. The Bertz CT molecular complexity index is 848. The maximum absolute atomic E-state index is 12.5. The monoisotopic (exact) mass is 409 g/mol. The summed E-state index contributed by atoms with van der Waals surface area (Å²) in [6.07, 6.45) is -2.86. The molecule has 5 nitrogen and oxygen atoms in total. The molecule has 2 aromatic rings. The molecule has 0 spiro atoms. The summed E-state index contributed by atoms with van der Waals surface area (Å²) in [5.74, 6) is -0.494. The van der Waals surface area contributed by atoms with Crippen LogP contribution in [0.5, 0.6) is 5.75 Å². The lowest BCUT2D eigenvalue weighted by molar-refractivity contribution is -0.145. The average molecular weight is 409 g/mol. The van der Waals surface area contributed by atoms with Gasteiger partial charge in [-0.2, -0.15) is 13.2 Å². The lowest BCUT2D eigenvalue weighted by Gasteiger charge is -2.15. The molecule has 0 radical (unpaired) electrons. The minimum Gasteiger partial charge on any atom is -0.479 e. The summed E-state index contributed by atoms with van der Waals surface area (Å²) in [6.45, 7) is 3.63. The summed E-state index contributed by atoms with van der Waals surface area (Å²) < 4.78 is 43.0. The van der Waals surface area contributed by atoms with E-state index in [2.05, 4.69) is 5.16 Å². The molecule has 0 aliphatic heterocycles. The van der Waals surface area contributed by atoms with Gasteiger partial charge in [-0.25, -0.2) is 4.79 Å². The van der Waals surface area contributed by atoms with Crippen molar-refractivity contribution in [2.24, 2.45) is 5.16 Å². The van der Waals surface area contributed by atoms with Crippen LogP contribution in [0.25, 0.3) is 0 Å². The predicted octanol–water partition coefficient (Wildman–Crippen LogP) is 5.00. The predicted molar refractivity (Wildman–Crippen MR) is 102 cm³/mol. The minimum absolute atomic E-state index is 0.0635. The Kier molecular flexibility index (Phi) is 7.64. The first-order valence-electron chi connectivity index (χ1n) is 8.99. The average Bonchev–Trinajstić information content (AvgIpc) is 2.66. The molecule has 2 rings (SSSR count). The standard InChI is InChI=1S/C21H22F3NO4/c1-3-18(20(26)27)29-19-9-6-15(12-14(19)2)10-11-25-28-13-16-4-7-17(8-5-16)21(22,23)24/h4-9,11-12,18H,3,10,13H2,1-2H3,(H,26,27). The zero-order valence-electron chi connectivity index (χ0n) is 16.1. The summed E-state index contributed by atoms with van der Waals surface area (Å²) >= 11 is 0. The van der Waals surface area contributed by atoms with E-state index in [0.29, 0.717) is 24.2 Å². The molecule has 0 aliphatic carbocycles. The number of hydrogen-bond acceptors (Lipinski definition) is 4. The fourth-order valence-corrected chi connectivity index (χ4v) is 2.53. The zero-order valence-corrected chi connectivity index (χ0v) is 16.1. The second-order valence-electron chi connectivity index (χ2n) is 6.41. The third-order valence-corrected chi connectivity index (χ3v) is 4.14. The van der Waals surface area contributed by atoms with E-state index in [1.54, 1.807) is 25.3 Å². The number of ether oxygens (including phenoxy) is 1. The topological polar surface area (TPSA) is 68.1 Å². The van der Waals surface area contributed by atoms with Gasteiger partial charge in [-0.3, -0.25) is 0 Å². The molecule has 2 aromatic carbocycles. The van der Waals surface area contributed by atoms with Crippen molar-refractivity contribution in [3.8, 4) is 5.75 Å². The van der Waals surface area contributed by atoms with Crippen LogP contribution in [0, 0.1) is 6.92 Å². The fourth-order valence-electron chi connectivity index (χ4n) is 2.53. The van der Waals surface area contributed by atoms with Crippen molar-refractivity contribution in [1.29, 1.82) is 0 Å². The number of halogens is 3. The minimum atomic E-state index is -4.36. The van der Waals surface area contributed by atoms with Crippen LogP contribution in [0.3, 0.4) is 0 Å². The third kappa shape index (κ3) is 6.81. The molecule has 0 saturated carbocycles. The number of benzene rings is 2. The highest BCUT2D eigenvalue weighted by Crippen LogP contribution is 2.29. The maximum Gasteiger partial charge on any atom is 0.416 e. The SMILES string of the molecule is CCC(Oc1ccc(CC=NOCc2ccc(C(F)(F)F)cc2)cc1C)C(=O)O. The number of aryl methyl sites for hydroxylation is 1. The number of rotatable bonds is 9. The fraction of sp³-hybridized carbons (Fsp3) is 0.333. The Morgan fingerprint density at radius 3 is 2.38 bits per heavy atom. The molecule has 0 aromatic heterocycles. The van der Waals surface area contributed by atoms with Gasteiger partial charge in [0.05, 0.1) is 5.56 Å². The van der Waals surface area contributed by atoms with Crippen LogP contribution in [0.15, 0.2) is 47.6 Å². The Balaban J connectivity index is 1.84. The molecule has 8 heteroatoms. The largest absolute Gasteiger partial charge is 0.479 e. The summed E-state index contributed by atoms with van der Waals surface area (Å²) in [5.41, 5.74) is 1.61. The molecule has 0 amide bonds. The molecule has 29 heavy (non-hydrogen) atoms. The number of carboxylic acids is 1. The van der Waals surface area contributed by atoms with Crippen LogP contribution in [-0.4, -0.2) is 23.4 Å². The Labute approximate surface area is 166 Å². The van der Waals surface area contributed by atoms with Gasteiger partial charge in [0.15, 0.2) is 6.10 Å². The van der Waals surface area contributed by atoms with Gasteiger partial charge < -0.3 is 14.7 Å². The van der Waals surface area contributed by atoms with E-state index in [4.69, 9.17) is 14.7 Å².